The molecule has 0 spiro atoms. The second-order valence-electron chi connectivity index (χ2n) is 7.52. The maximum atomic E-state index is 5.91. The van der Waals surface area contributed by atoms with Crippen LogP contribution in [0, 0.1) is 11.8 Å². The molecule has 0 aromatic heterocycles. The molecule has 0 saturated carbocycles. The SMILES string of the molecule is CCCCC1CCCCCCCC(CCC)C2=C1CCOC2. The maximum Gasteiger partial charge on any atom is 0.0682 e. The third-order valence-corrected chi connectivity index (χ3v) is 5.82. The number of rotatable bonds is 5. The summed E-state index contributed by atoms with van der Waals surface area (Å²) in [5.41, 5.74) is 3.59. The summed E-state index contributed by atoms with van der Waals surface area (Å²) in [7, 11) is 0. The van der Waals surface area contributed by atoms with Gasteiger partial charge in [0.15, 0.2) is 0 Å². The lowest BCUT2D eigenvalue weighted by Gasteiger charge is -2.32. The van der Waals surface area contributed by atoms with Gasteiger partial charge in [-0.3, -0.25) is 0 Å². The van der Waals surface area contributed by atoms with Crippen molar-refractivity contribution in [1.82, 2.24) is 0 Å². The fraction of sp³-hybridized carbons (Fsp3) is 0.905. The second-order valence-corrected chi connectivity index (χ2v) is 7.52. The van der Waals surface area contributed by atoms with E-state index < -0.39 is 0 Å². The van der Waals surface area contributed by atoms with Crippen LogP contribution >= 0.6 is 0 Å². The summed E-state index contributed by atoms with van der Waals surface area (Å²) in [6.45, 7) is 6.61. The van der Waals surface area contributed by atoms with Crippen molar-refractivity contribution >= 4 is 0 Å². The largest absolute Gasteiger partial charge is 0.377 e. The summed E-state index contributed by atoms with van der Waals surface area (Å²) >= 11 is 0. The first-order chi connectivity index (χ1) is 10.9. The molecular weight excluding hydrogens is 268 g/mol. The standard InChI is InChI=1S/C21H38O/c1-3-5-12-19-14-10-8-6-7-9-13-18(11-4-2)21-17-22-16-15-20(19)21/h18-19H,3-17H2,1-2H3. The smallest absolute Gasteiger partial charge is 0.0682 e. The van der Waals surface area contributed by atoms with E-state index in [4.69, 9.17) is 4.74 Å². The lowest BCUT2D eigenvalue weighted by Crippen LogP contribution is -2.22. The Kier molecular flexibility index (Phi) is 8.59. The van der Waals surface area contributed by atoms with Gasteiger partial charge in [-0.1, -0.05) is 70.8 Å². The molecule has 0 bridgehead atoms. The highest BCUT2D eigenvalue weighted by Crippen LogP contribution is 2.38. The highest BCUT2D eigenvalue weighted by Gasteiger charge is 2.26. The van der Waals surface area contributed by atoms with Crippen LogP contribution in [0.1, 0.15) is 97.3 Å². The molecular formula is C21H38O. The summed E-state index contributed by atoms with van der Waals surface area (Å²) in [5.74, 6) is 1.69. The van der Waals surface area contributed by atoms with Gasteiger partial charge in [0.05, 0.1) is 13.2 Å². The summed E-state index contributed by atoms with van der Waals surface area (Å²) in [4.78, 5) is 0. The van der Waals surface area contributed by atoms with E-state index >= 15 is 0 Å². The van der Waals surface area contributed by atoms with Crippen molar-refractivity contribution in [3.8, 4) is 0 Å². The second kappa shape index (κ2) is 10.5. The molecule has 2 aliphatic rings. The molecule has 0 aromatic carbocycles. The van der Waals surface area contributed by atoms with E-state index in [1.165, 1.54) is 83.5 Å². The van der Waals surface area contributed by atoms with Crippen LogP contribution in [0.15, 0.2) is 11.1 Å². The molecule has 0 fully saturated rings. The normalized spacial score (nSPS) is 28.1. The minimum atomic E-state index is 0.822. The van der Waals surface area contributed by atoms with Crippen molar-refractivity contribution in [3.63, 3.8) is 0 Å². The molecule has 0 radical (unpaired) electrons. The van der Waals surface area contributed by atoms with Gasteiger partial charge in [-0.15, -0.1) is 0 Å². The van der Waals surface area contributed by atoms with Crippen molar-refractivity contribution in [2.45, 2.75) is 97.3 Å². The van der Waals surface area contributed by atoms with Crippen LogP contribution in [0.2, 0.25) is 0 Å². The summed E-state index contributed by atoms with van der Waals surface area (Å²) < 4.78 is 5.91. The monoisotopic (exact) mass is 306 g/mol. The molecule has 128 valence electrons. The zero-order chi connectivity index (χ0) is 15.6. The van der Waals surface area contributed by atoms with Gasteiger partial charge in [0.1, 0.15) is 0 Å². The van der Waals surface area contributed by atoms with Crippen LogP contribution in [0.3, 0.4) is 0 Å². The number of unbranched alkanes of at least 4 members (excludes halogenated alkanes) is 1. The highest BCUT2D eigenvalue weighted by atomic mass is 16.5. The number of hydrogen-bond donors (Lipinski definition) is 0. The lowest BCUT2D eigenvalue weighted by molar-refractivity contribution is 0.130. The molecule has 1 aliphatic carbocycles. The summed E-state index contributed by atoms with van der Waals surface area (Å²) in [6, 6.07) is 0. The Morgan fingerprint density at radius 1 is 0.818 bits per heavy atom. The van der Waals surface area contributed by atoms with Gasteiger partial charge in [0, 0.05) is 0 Å². The van der Waals surface area contributed by atoms with Crippen LogP contribution in [0.4, 0.5) is 0 Å². The Bertz CT molecular complexity index is 331. The Hall–Kier alpha value is -0.300. The van der Waals surface area contributed by atoms with Crippen molar-refractivity contribution in [2.75, 3.05) is 13.2 Å². The topological polar surface area (TPSA) is 9.23 Å². The third-order valence-electron chi connectivity index (χ3n) is 5.82. The van der Waals surface area contributed by atoms with Crippen molar-refractivity contribution < 1.29 is 4.74 Å². The summed E-state index contributed by atoms with van der Waals surface area (Å²) in [6.07, 6.45) is 18.2. The van der Waals surface area contributed by atoms with E-state index in [2.05, 4.69) is 13.8 Å². The maximum absolute atomic E-state index is 5.91. The minimum absolute atomic E-state index is 0.822. The first-order valence-corrected chi connectivity index (χ1v) is 10.2. The molecule has 2 rings (SSSR count). The lowest BCUT2D eigenvalue weighted by atomic mass is 9.78. The molecule has 0 amide bonds. The van der Waals surface area contributed by atoms with Crippen molar-refractivity contribution in [2.24, 2.45) is 11.8 Å². The van der Waals surface area contributed by atoms with E-state index in [0.29, 0.717) is 0 Å². The third kappa shape index (κ3) is 5.41. The van der Waals surface area contributed by atoms with Crippen LogP contribution in [0.5, 0.6) is 0 Å². The van der Waals surface area contributed by atoms with E-state index in [0.717, 1.165) is 25.0 Å². The van der Waals surface area contributed by atoms with Crippen molar-refractivity contribution in [1.29, 1.82) is 0 Å². The molecule has 1 nitrogen and oxygen atoms in total. The van der Waals surface area contributed by atoms with Gasteiger partial charge in [-0.25, -0.2) is 0 Å². The molecule has 2 unspecified atom stereocenters. The predicted molar refractivity (Wildman–Crippen MR) is 96.2 cm³/mol. The number of hydrogen-bond acceptors (Lipinski definition) is 1. The average molecular weight is 307 g/mol. The number of ether oxygens (including phenoxy) is 1. The molecule has 1 aliphatic heterocycles. The fourth-order valence-corrected chi connectivity index (χ4v) is 4.56. The van der Waals surface area contributed by atoms with Gasteiger partial charge >= 0.3 is 0 Å². The average Bonchev–Trinajstić information content (AvgIpc) is 2.58. The van der Waals surface area contributed by atoms with Crippen LogP contribution in [-0.4, -0.2) is 13.2 Å². The van der Waals surface area contributed by atoms with Gasteiger partial charge in [-0.05, 0) is 49.5 Å². The molecule has 1 heteroatoms. The molecule has 0 saturated heterocycles. The molecule has 2 atom stereocenters. The summed E-state index contributed by atoms with van der Waals surface area (Å²) in [5, 5.41) is 0. The zero-order valence-electron chi connectivity index (χ0n) is 15.2. The zero-order valence-corrected chi connectivity index (χ0v) is 15.2. The molecule has 1 heterocycles. The minimum Gasteiger partial charge on any atom is -0.377 e. The van der Waals surface area contributed by atoms with Gasteiger partial charge < -0.3 is 4.74 Å². The van der Waals surface area contributed by atoms with E-state index in [1.54, 1.807) is 5.57 Å². The van der Waals surface area contributed by atoms with Crippen LogP contribution < -0.4 is 0 Å². The quantitative estimate of drug-likeness (QED) is 0.515. The predicted octanol–water partition coefficient (Wildman–Crippen LogP) is 6.67. The fourth-order valence-electron chi connectivity index (χ4n) is 4.56. The first kappa shape index (κ1) is 18.0. The Labute approximate surface area is 138 Å². The van der Waals surface area contributed by atoms with Crippen molar-refractivity contribution in [3.05, 3.63) is 11.1 Å². The van der Waals surface area contributed by atoms with Gasteiger partial charge in [0.2, 0.25) is 0 Å². The van der Waals surface area contributed by atoms with E-state index in [1.807, 2.05) is 5.57 Å². The molecule has 22 heavy (non-hydrogen) atoms. The van der Waals surface area contributed by atoms with Gasteiger partial charge in [-0.2, -0.15) is 0 Å². The first-order valence-electron chi connectivity index (χ1n) is 10.2. The van der Waals surface area contributed by atoms with E-state index in [9.17, 15) is 0 Å². The molecule has 0 aromatic rings. The Morgan fingerprint density at radius 3 is 2.18 bits per heavy atom. The Balaban J connectivity index is 2.21. The van der Waals surface area contributed by atoms with Crippen LogP contribution in [-0.2, 0) is 4.74 Å². The molecule has 0 N–H and O–H groups in total. The van der Waals surface area contributed by atoms with Gasteiger partial charge in [0.25, 0.3) is 0 Å². The van der Waals surface area contributed by atoms with Crippen LogP contribution in [0.25, 0.3) is 0 Å². The highest BCUT2D eigenvalue weighted by molar-refractivity contribution is 5.22. The van der Waals surface area contributed by atoms with E-state index in [-0.39, 0.29) is 0 Å². The Morgan fingerprint density at radius 2 is 1.50 bits per heavy atom.